The lowest BCUT2D eigenvalue weighted by Crippen LogP contribution is -2.54. The molecule has 1 saturated carbocycles. The molecular weight excluding hydrogens is 608 g/mol. The van der Waals surface area contributed by atoms with Crippen molar-refractivity contribution in [2.24, 2.45) is 23.5 Å². The number of primary amides is 1. The highest BCUT2D eigenvalue weighted by atomic mass is 16.2. The molecule has 6 rings (SSSR count). The highest BCUT2D eigenvalue weighted by Crippen LogP contribution is 2.39. The summed E-state index contributed by atoms with van der Waals surface area (Å²) in [6.07, 6.45) is 6.81. The molecule has 3 amide bonds. The molecular formula is C42H46N4O3. The number of rotatable bonds is 12. The van der Waals surface area contributed by atoms with Crippen LogP contribution < -0.4 is 20.9 Å². The number of benzene rings is 4. The number of amides is 3. The molecule has 2 aliphatic rings. The third kappa shape index (κ3) is 7.78. The zero-order valence-corrected chi connectivity index (χ0v) is 28.3. The maximum atomic E-state index is 14.8. The monoisotopic (exact) mass is 654 g/mol. The summed E-state index contributed by atoms with van der Waals surface area (Å²) >= 11 is 0. The van der Waals surface area contributed by atoms with Gasteiger partial charge >= 0.3 is 0 Å². The molecule has 7 heteroatoms. The van der Waals surface area contributed by atoms with E-state index in [0.717, 1.165) is 59.4 Å². The molecule has 4 aromatic carbocycles. The van der Waals surface area contributed by atoms with Gasteiger partial charge in [0.05, 0.1) is 36.3 Å². The van der Waals surface area contributed by atoms with Crippen LogP contribution in [0.4, 0.5) is 17.1 Å². The molecule has 3 N–H and O–H groups in total. The van der Waals surface area contributed by atoms with Crippen LogP contribution in [0.3, 0.4) is 0 Å². The van der Waals surface area contributed by atoms with Crippen LogP contribution in [0.2, 0.25) is 0 Å². The molecule has 4 aromatic rings. The third-order valence-electron chi connectivity index (χ3n) is 10.1. The SMILES string of the molecule is C=CCC(C(N)=O)C(CC1CCCC1)C(=O)NC1CN(c2ccccc2)c2ccccc2N(Cc2cccc(-c3ccc(C)cc3)c2)C1=O. The van der Waals surface area contributed by atoms with Crippen molar-refractivity contribution in [1.82, 2.24) is 5.32 Å². The Labute approximate surface area is 289 Å². The van der Waals surface area contributed by atoms with Crippen LogP contribution in [0.25, 0.3) is 11.1 Å². The number of nitrogens with two attached hydrogens (primary N) is 1. The Morgan fingerprint density at radius 2 is 1.57 bits per heavy atom. The second-order valence-corrected chi connectivity index (χ2v) is 13.5. The fraction of sp³-hybridized carbons (Fsp3) is 0.310. The second-order valence-electron chi connectivity index (χ2n) is 13.5. The first-order valence-electron chi connectivity index (χ1n) is 17.4. The third-order valence-corrected chi connectivity index (χ3v) is 10.1. The smallest absolute Gasteiger partial charge is 0.251 e. The van der Waals surface area contributed by atoms with Gasteiger partial charge in [-0.3, -0.25) is 14.4 Å². The Hall–Kier alpha value is -5.17. The van der Waals surface area contributed by atoms with Gasteiger partial charge in [0.1, 0.15) is 6.04 Å². The molecule has 3 unspecified atom stereocenters. The van der Waals surface area contributed by atoms with E-state index in [2.05, 4.69) is 60.1 Å². The lowest BCUT2D eigenvalue weighted by atomic mass is 9.80. The van der Waals surface area contributed by atoms with Crippen LogP contribution in [-0.2, 0) is 20.9 Å². The number of hydrogen-bond donors (Lipinski definition) is 2. The summed E-state index contributed by atoms with van der Waals surface area (Å²) in [5, 5.41) is 3.16. The maximum Gasteiger partial charge on any atom is 0.251 e. The minimum absolute atomic E-state index is 0.209. The van der Waals surface area contributed by atoms with Crippen molar-refractivity contribution < 1.29 is 14.4 Å². The Balaban J connectivity index is 1.37. The summed E-state index contributed by atoms with van der Waals surface area (Å²) in [4.78, 5) is 45.7. The minimum atomic E-state index is -0.885. The zero-order valence-electron chi connectivity index (χ0n) is 28.3. The molecule has 0 saturated heterocycles. The van der Waals surface area contributed by atoms with Gasteiger partial charge in [-0.25, -0.2) is 0 Å². The molecule has 0 spiro atoms. The van der Waals surface area contributed by atoms with Crippen LogP contribution in [0.5, 0.6) is 0 Å². The maximum absolute atomic E-state index is 14.8. The number of nitrogens with zero attached hydrogens (tertiary/aromatic N) is 2. The number of fused-ring (bicyclic) bond motifs is 1. The molecule has 7 nitrogen and oxygen atoms in total. The van der Waals surface area contributed by atoms with Gasteiger partial charge in [-0.15, -0.1) is 6.58 Å². The Bertz CT molecular complexity index is 1780. The topological polar surface area (TPSA) is 95.7 Å². The van der Waals surface area contributed by atoms with Gasteiger partial charge in [-0.2, -0.15) is 0 Å². The first-order chi connectivity index (χ1) is 23.8. The summed E-state index contributed by atoms with van der Waals surface area (Å²) in [7, 11) is 0. The quantitative estimate of drug-likeness (QED) is 0.153. The Kier molecular flexibility index (Phi) is 10.6. The van der Waals surface area contributed by atoms with Crippen molar-refractivity contribution in [3.63, 3.8) is 0 Å². The first-order valence-corrected chi connectivity index (χ1v) is 17.4. The summed E-state index contributed by atoms with van der Waals surface area (Å²) in [6.45, 7) is 6.45. The van der Waals surface area contributed by atoms with Crippen molar-refractivity contribution in [1.29, 1.82) is 0 Å². The van der Waals surface area contributed by atoms with E-state index in [4.69, 9.17) is 5.73 Å². The molecule has 49 heavy (non-hydrogen) atoms. The number of allylic oxidation sites excluding steroid dienone is 1. The van der Waals surface area contributed by atoms with Gasteiger partial charge in [0.25, 0.3) is 5.91 Å². The normalized spacial score (nSPS) is 17.6. The Morgan fingerprint density at radius 3 is 2.27 bits per heavy atom. The average molecular weight is 655 g/mol. The van der Waals surface area contributed by atoms with E-state index in [1.54, 1.807) is 11.0 Å². The summed E-state index contributed by atoms with van der Waals surface area (Å²) in [5.41, 5.74) is 12.8. The highest BCUT2D eigenvalue weighted by molar-refractivity contribution is 6.04. The largest absolute Gasteiger partial charge is 0.369 e. The van der Waals surface area contributed by atoms with Crippen molar-refractivity contribution in [3.05, 3.63) is 127 Å². The van der Waals surface area contributed by atoms with E-state index >= 15 is 0 Å². The summed E-state index contributed by atoms with van der Waals surface area (Å²) < 4.78 is 0. The number of carbonyl (C=O) groups is 3. The van der Waals surface area contributed by atoms with E-state index < -0.39 is 23.8 Å². The van der Waals surface area contributed by atoms with E-state index in [9.17, 15) is 14.4 Å². The number of anilines is 3. The van der Waals surface area contributed by atoms with E-state index in [1.807, 2.05) is 66.7 Å². The van der Waals surface area contributed by atoms with Crippen LogP contribution in [0, 0.1) is 24.7 Å². The van der Waals surface area contributed by atoms with Gasteiger partial charge in [0.2, 0.25) is 11.8 Å². The lowest BCUT2D eigenvalue weighted by Gasteiger charge is -2.30. The summed E-state index contributed by atoms with van der Waals surface area (Å²) in [5.74, 6) is -2.03. The molecule has 252 valence electrons. The molecule has 1 fully saturated rings. The molecule has 0 radical (unpaired) electrons. The average Bonchev–Trinajstić information content (AvgIpc) is 3.61. The zero-order chi connectivity index (χ0) is 34.3. The van der Waals surface area contributed by atoms with Crippen molar-refractivity contribution in [2.45, 2.75) is 58.0 Å². The van der Waals surface area contributed by atoms with Crippen LogP contribution in [0.1, 0.15) is 49.7 Å². The first kappa shape index (κ1) is 33.7. The second kappa shape index (κ2) is 15.4. The van der Waals surface area contributed by atoms with Crippen molar-refractivity contribution in [2.75, 3.05) is 16.3 Å². The van der Waals surface area contributed by atoms with E-state index in [1.165, 1.54) is 5.56 Å². The van der Waals surface area contributed by atoms with Gasteiger partial charge in [-0.05, 0) is 72.7 Å². The number of carbonyl (C=O) groups excluding carboxylic acids is 3. The Morgan fingerprint density at radius 1 is 0.878 bits per heavy atom. The van der Waals surface area contributed by atoms with Crippen molar-refractivity contribution >= 4 is 34.8 Å². The van der Waals surface area contributed by atoms with Gasteiger partial charge in [0, 0.05) is 5.69 Å². The summed E-state index contributed by atoms with van der Waals surface area (Å²) in [6, 6.07) is 33.6. The van der Waals surface area contributed by atoms with E-state index in [-0.39, 0.29) is 18.4 Å². The number of aryl methyl sites for hydroxylation is 1. The number of para-hydroxylation sites is 3. The minimum Gasteiger partial charge on any atom is -0.369 e. The van der Waals surface area contributed by atoms with E-state index in [0.29, 0.717) is 25.3 Å². The van der Waals surface area contributed by atoms with Gasteiger partial charge in [0.15, 0.2) is 0 Å². The number of hydrogen-bond acceptors (Lipinski definition) is 4. The highest BCUT2D eigenvalue weighted by Gasteiger charge is 2.39. The van der Waals surface area contributed by atoms with Crippen LogP contribution >= 0.6 is 0 Å². The molecule has 3 atom stereocenters. The number of nitrogens with one attached hydrogen (secondary N) is 1. The molecule has 1 heterocycles. The fourth-order valence-electron chi connectivity index (χ4n) is 7.48. The molecule has 0 bridgehead atoms. The van der Waals surface area contributed by atoms with Gasteiger partial charge < -0.3 is 20.9 Å². The lowest BCUT2D eigenvalue weighted by molar-refractivity contribution is -0.135. The molecule has 0 aromatic heterocycles. The standard InChI is InChI=1S/C42H46N4O3/c1-3-12-35(40(43)47)36(26-30-13-7-8-14-30)41(48)44-37-28-45(34-17-5-4-6-18-34)38-19-9-10-20-39(38)46(42(37)49)27-31-15-11-16-33(25-31)32-23-21-29(2)22-24-32/h3-6,9-11,15-25,30,35-37H,1,7-8,12-14,26-28H2,2H3,(H2,43,47)(H,44,48). The van der Waals surface area contributed by atoms with Crippen LogP contribution in [-0.4, -0.2) is 30.3 Å². The van der Waals surface area contributed by atoms with Crippen molar-refractivity contribution in [3.8, 4) is 11.1 Å². The molecule has 1 aliphatic carbocycles. The van der Waals surface area contributed by atoms with Gasteiger partial charge in [-0.1, -0.05) is 110 Å². The fourth-order valence-corrected chi connectivity index (χ4v) is 7.48. The predicted molar refractivity (Wildman–Crippen MR) is 197 cm³/mol. The predicted octanol–water partition coefficient (Wildman–Crippen LogP) is 7.71. The van der Waals surface area contributed by atoms with Crippen LogP contribution in [0.15, 0.2) is 116 Å². The molecule has 1 aliphatic heterocycles.